The minimum Gasteiger partial charge on any atom is 0 e. The van der Waals surface area contributed by atoms with Crippen LogP contribution in [0.5, 0.6) is 0 Å². The molecule has 0 fully saturated rings. The quantitative estimate of drug-likeness (QED) is 0.600. The van der Waals surface area contributed by atoms with E-state index in [1.165, 1.54) is 4.73 Å². The average molecular weight is 275 g/mol. The van der Waals surface area contributed by atoms with Crippen molar-refractivity contribution in [2.75, 3.05) is 0 Å². The van der Waals surface area contributed by atoms with E-state index in [2.05, 4.69) is 17.0 Å². The summed E-state index contributed by atoms with van der Waals surface area (Å²) in [6.45, 7) is 0. The zero-order valence-corrected chi connectivity index (χ0v) is 6.79. The van der Waals surface area contributed by atoms with E-state index in [0.29, 0.717) is 0 Å². The first-order valence-electron chi connectivity index (χ1n) is 0.850. The fourth-order valence-corrected chi connectivity index (χ4v) is 0. The first kappa shape index (κ1) is 9.26. The maximum atomic E-state index is 7.68. The summed E-state index contributed by atoms with van der Waals surface area (Å²) in [6, 6.07) is 0. The molecule has 0 saturated carbocycles. The Balaban J connectivity index is 0. The Bertz CT molecular complexity index is 30.6. The van der Waals surface area contributed by atoms with Gasteiger partial charge in [0.05, 0.1) is 0 Å². The molecule has 0 rings (SSSR count). The molecule has 0 saturated heterocycles. The van der Waals surface area contributed by atoms with Crippen molar-refractivity contribution in [3.05, 3.63) is 5.41 Å². The van der Waals surface area contributed by atoms with Crippen LogP contribution in [0.15, 0.2) is 0 Å². The molecule has 3 heteroatoms. The van der Waals surface area contributed by atoms with E-state index in [-0.39, 0.29) is 21.1 Å². The predicted molar refractivity (Wildman–Crippen MR) is 15.5 cm³/mol. The summed E-state index contributed by atoms with van der Waals surface area (Å²) in [5.74, 6) is 0. The zero-order chi connectivity index (χ0) is 3.41. The average Bonchev–Trinajstić information content (AvgIpc) is 1.37. The topological polar surface area (TPSA) is 22.3 Å². The Morgan fingerprint density at radius 2 is 1.80 bits per heavy atom. The molecule has 0 aliphatic heterocycles. The van der Waals surface area contributed by atoms with Gasteiger partial charge in [-0.05, 0) is 0 Å². The predicted octanol–water partition coefficient (Wildman–Crippen LogP) is -0.0269. The molecule has 0 aromatic heterocycles. The van der Waals surface area contributed by atoms with E-state index in [0.717, 1.165) is 6.21 Å². The van der Waals surface area contributed by atoms with Gasteiger partial charge in [0, 0.05) is 21.1 Å². The Hall–Kier alpha value is 0.813. The van der Waals surface area contributed by atoms with Crippen LogP contribution in [0.3, 0.4) is 0 Å². The van der Waals surface area contributed by atoms with E-state index in [4.69, 9.17) is 5.41 Å². The maximum Gasteiger partial charge on any atom is 0 e. The van der Waals surface area contributed by atoms with Crippen molar-refractivity contribution in [1.29, 1.82) is 0 Å². The summed E-state index contributed by atoms with van der Waals surface area (Å²) in [7, 11) is 0. The van der Waals surface area contributed by atoms with Gasteiger partial charge in [0.2, 0.25) is 0 Å². The summed E-state index contributed by atoms with van der Waals surface area (Å²) in [5.41, 5.74) is 0. The fraction of sp³-hybridized carbons (Fsp3) is 0. The van der Waals surface area contributed by atoms with E-state index >= 15 is 0 Å². The molecule has 0 aromatic rings. The Morgan fingerprint density at radius 1 is 1.60 bits per heavy atom. The van der Waals surface area contributed by atoms with Gasteiger partial charge < -0.3 is 0 Å². The molecule has 0 spiro atoms. The minimum absolute atomic E-state index is 0. The van der Waals surface area contributed by atoms with Gasteiger partial charge in [-0.3, -0.25) is 0 Å². The Kier molecular flexibility index (Phi) is 16.4. The van der Waals surface area contributed by atoms with Crippen LogP contribution in [-0.2, 0) is 38.0 Å². The van der Waals surface area contributed by atoms with E-state index in [1.54, 1.807) is 0 Å². The summed E-state index contributed by atoms with van der Waals surface area (Å²) in [6.07, 6.45) is 0.972. The summed E-state index contributed by atoms with van der Waals surface area (Å²) in [5, 5.41) is 7.68. The number of nitrogens with zero attached hydrogens (tertiary/aromatic N) is 1. The van der Waals surface area contributed by atoms with Crippen LogP contribution in [0.1, 0.15) is 0 Å². The molecule has 27 valence electrons. The van der Waals surface area contributed by atoms with Crippen molar-refractivity contribution in [1.82, 2.24) is 0 Å². The van der Waals surface area contributed by atoms with E-state index < -0.39 is 0 Å². The monoisotopic (exact) mass is 275 g/mol. The van der Waals surface area contributed by atoms with Crippen LogP contribution in [0.25, 0.3) is 5.41 Å². The molecule has 5 heavy (non-hydrogen) atoms. The van der Waals surface area contributed by atoms with Crippen LogP contribution in [0, 0.1) is 0 Å². The molecule has 0 aromatic carbocycles. The summed E-state index contributed by atoms with van der Waals surface area (Å²) >= 11 is 2.11. The van der Waals surface area contributed by atoms with Crippen molar-refractivity contribution >= 4 is 10.9 Å². The smallest absolute Gasteiger partial charge is 0 e. The van der Waals surface area contributed by atoms with Crippen LogP contribution in [-0.4, -0.2) is 10.9 Å². The van der Waals surface area contributed by atoms with Gasteiger partial charge >= 0.3 is 33.3 Å². The second-order valence-corrected chi connectivity index (χ2v) is 0.764. The van der Waals surface area contributed by atoms with E-state index in [9.17, 15) is 0 Å². The molecule has 0 N–H and O–H groups in total. The molecule has 0 radical (unpaired) electrons. The molecule has 0 amide bonds. The minimum atomic E-state index is 0. The van der Waals surface area contributed by atoms with Crippen molar-refractivity contribution in [3.63, 3.8) is 0 Å². The van der Waals surface area contributed by atoms with E-state index in [1.807, 2.05) is 0 Å². The third-order valence-corrected chi connectivity index (χ3v) is 0.275. The normalized spacial score (nSPS) is 3.80. The summed E-state index contributed by atoms with van der Waals surface area (Å²) in [4.78, 5) is 0. The van der Waals surface area contributed by atoms with Crippen LogP contribution >= 0.6 is 0 Å². The number of rotatable bonds is 1. The van der Waals surface area contributed by atoms with Crippen molar-refractivity contribution in [3.8, 4) is 0 Å². The van der Waals surface area contributed by atoms with Crippen molar-refractivity contribution in [2.24, 2.45) is 0 Å². The van der Waals surface area contributed by atoms with Gasteiger partial charge in [0.1, 0.15) is 0 Å². The third-order valence-electron chi connectivity index (χ3n) is 0.0667. The Morgan fingerprint density at radius 3 is 1.80 bits per heavy atom. The molecule has 0 atom stereocenters. The van der Waals surface area contributed by atoms with Gasteiger partial charge in [0.25, 0.3) is 0 Å². The molecule has 0 unspecified atom stereocenters. The van der Waals surface area contributed by atoms with Crippen LogP contribution in [0.4, 0.5) is 0 Å². The third kappa shape index (κ3) is 11.6. The van der Waals surface area contributed by atoms with Gasteiger partial charge in [-0.2, -0.15) is 0 Å². The SMILES string of the molecule is [N-]=C[CH]=[V].[W]. The van der Waals surface area contributed by atoms with Gasteiger partial charge in [-0.15, -0.1) is 0 Å². The molecule has 0 bridgehead atoms. The van der Waals surface area contributed by atoms with Gasteiger partial charge in [-0.1, -0.05) is 0 Å². The molecule has 0 heterocycles. The summed E-state index contributed by atoms with van der Waals surface area (Å²) < 4.78 is 1.49. The number of hydrogen-bond acceptors (Lipinski definition) is 0. The second kappa shape index (κ2) is 8.84. The maximum absolute atomic E-state index is 7.68. The molecular weight excluding hydrogens is 273 g/mol. The van der Waals surface area contributed by atoms with Crippen LogP contribution < -0.4 is 0 Å². The van der Waals surface area contributed by atoms with Gasteiger partial charge in [0.15, 0.2) is 0 Å². The molecule has 1 nitrogen and oxygen atoms in total. The molecule has 0 aliphatic rings. The first-order chi connectivity index (χ1) is 1.91. The van der Waals surface area contributed by atoms with Crippen LogP contribution in [0.2, 0.25) is 0 Å². The second-order valence-electron chi connectivity index (χ2n) is 0.298. The first-order valence-corrected chi connectivity index (χ1v) is 1.66. The largest absolute Gasteiger partial charge is 0 e. The van der Waals surface area contributed by atoms with Crippen molar-refractivity contribution < 1.29 is 38.0 Å². The fourth-order valence-electron chi connectivity index (χ4n) is 0. The van der Waals surface area contributed by atoms with Crippen molar-refractivity contribution in [2.45, 2.75) is 0 Å². The molecular formula is C2H2NVW-. The molecule has 0 aliphatic carbocycles. The van der Waals surface area contributed by atoms with Gasteiger partial charge in [-0.25, -0.2) is 0 Å². The number of hydrogen-bond donors (Lipinski definition) is 0. The Labute approximate surface area is 54.4 Å². The standard InChI is InChI=1S/C2H2N.V.W/c1-2-3;;/h1-2H;;/q-1;;. The zero-order valence-electron chi connectivity index (χ0n) is 2.46.